The van der Waals surface area contributed by atoms with Crippen molar-refractivity contribution in [2.45, 2.75) is 46.2 Å². The molecule has 0 saturated carbocycles. The molecular weight excluding hydrogens is 437 g/mol. The molecule has 5 nitrogen and oxygen atoms in total. The fraction of sp³-hybridized carbons (Fsp3) is 0.650. The average Bonchev–Trinajstić information content (AvgIpc) is 3.10. The van der Waals surface area contributed by atoms with Gasteiger partial charge in [-0.25, -0.2) is 0 Å². The lowest BCUT2D eigenvalue weighted by Crippen LogP contribution is -2.45. The number of rotatable bonds is 8. The molecule has 26 heavy (non-hydrogen) atoms. The van der Waals surface area contributed by atoms with Gasteiger partial charge in [0.25, 0.3) is 0 Å². The topological polar surface area (TPSA) is 42.9 Å². The molecule has 6 heteroatoms. The van der Waals surface area contributed by atoms with E-state index < -0.39 is 0 Å². The lowest BCUT2D eigenvalue weighted by Gasteiger charge is -2.25. The van der Waals surface area contributed by atoms with Gasteiger partial charge in [0, 0.05) is 37.4 Å². The lowest BCUT2D eigenvalue weighted by molar-refractivity contribution is 0.237. The first-order chi connectivity index (χ1) is 12.2. The fourth-order valence-corrected chi connectivity index (χ4v) is 3.45. The number of halogens is 1. The van der Waals surface area contributed by atoms with E-state index >= 15 is 0 Å². The van der Waals surface area contributed by atoms with Gasteiger partial charge in [-0.2, -0.15) is 0 Å². The van der Waals surface area contributed by atoms with Gasteiger partial charge in [-0.3, -0.25) is 9.89 Å². The Balaban J connectivity index is 0.00000338. The second-order valence-electron chi connectivity index (χ2n) is 6.70. The largest absolute Gasteiger partial charge is 0.369 e. The van der Waals surface area contributed by atoms with Crippen LogP contribution in [0.3, 0.4) is 0 Å². The van der Waals surface area contributed by atoms with E-state index in [0.717, 1.165) is 51.6 Å². The summed E-state index contributed by atoms with van der Waals surface area (Å²) in [7, 11) is 0. The van der Waals surface area contributed by atoms with Crippen molar-refractivity contribution in [2.24, 2.45) is 4.99 Å². The number of hydrogen-bond donors (Lipinski definition) is 2. The lowest BCUT2D eigenvalue weighted by atomic mass is 10.2. The zero-order valence-electron chi connectivity index (χ0n) is 16.7. The quantitative estimate of drug-likeness (QED) is 0.346. The van der Waals surface area contributed by atoms with Crippen LogP contribution in [-0.4, -0.2) is 62.2 Å². The molecule has 2 rings (SSSR count). The maximum absolute atomic E-state index is 4.83. The summed E-state index contributed by atoms with van der Waals surface area (Å²) in [5.41, 5.74) is 1.31. The maximum atomic E-state index is 4.83. The molecular formula is C20H36IN5. The van der Waals surface area contributed by atoms with Gasteiger partial charge in [0.1, 0.15) is 0 Å². The van der Waals surface area contributed by atoms with E-state index in [0.29, 0.717) is 12.1 Å². The Labute approximate surface area is 176 Å². The predicted octanol–water partition coefficient (Wildman–Crippen LogP) is 3.17. The number of nitrogens with zero attached hydrogens (tertiary/aromatic N) is 3. The second kappa shape index (κ2) is 12.4. The zero-order valence-corrected chi connectivity index (χ0v) is 19.1. The monoisotopic (exact) mass is 473 g/mol. The van der Waals surface area contributed by atoms with Gasteiger partial charge in [-0.15, -0.1) is 24.0 Å². The molecule has 0 radical (unpaired) electrons. The summed E-state index contributed by atoms with van der Waals surface area (Å²) in [5.74, 6) is 0.946. The van der Waals surface area contributed by atoms with Crippen molar-refractivity contribution in [1.29, 1.82) is 0 Å². The summed E-state index contributed by atoms with van der Waals surface area (Å²) in [5, 5.41) is 7.02. The van der Waals surface area contributed by atoms with Gasteiger partial charge >= 0.3 is 0 Å². The minimum Gasteiger partial charge on any atom is -0.369 e. The molecule has 1 aliphatic heterocycles. The molecule has 1 fully saturated rings. The minimum absolute atomic E-state index is 0. The molecule has 0 aliphatic carbocycles. The van der Waals surface area contributed by atoms with E-state index in [4.69, 9.17) is 4.99 Å². The fourth-order valence-electron chi connectivity index (χ4n) is 3.45. The zero-order chi connectivity index (χ0) is 18.1. The van der Waals surface area contributed by atoms with Crippen LogP contribution in [0.25, 0.3) is 0 Å². The average molecular weight is 473 g/mol. The molecule has 2 unspecified atom stereocenters. The number of guanidine groups is 1. The van der Waals surface area contributed by atoms with Crippen molar-refractivity contribution < 1.29 is 0 Å². The molecule has 0 bridgehead atoms. The first kappa shape index (κ1) is 23.0. The third kappa shape index (κ3) is 6.95. The highest BCUT2D eigenvalue weighted by Crippen LogP contribution is 2.19. The number of likely N-dealkylation sites (N-methyl/N-ethyl adjacent to an activating group) is 1. The third-order valence-electron chi connectivity index (χ3n) is 4.94. The molecule has 0 aromatic heterocycles. The Hall–Kier alpha value is -1.02. The van der Waals surface area contributed by atoms with Crippen LogP contribution in [0.4, 0.5) is 5.69 Å². The molecule has 2 N–H and O–H groups in total. The molecule has 2 atom stereocenters. The normalized spacial score (nSPS) is 18.6. The van der Waals surface area contributed by atoms with Crippen molar-refractivity contribution in [3.05, 3.63) is 30.3 Å². The maximum Gasteiger partial charge on any atom is 0.191 e. The van der Waals surface area contributed by atoms with Gasteiger partial charge in [-0.1, -0.05) is 32.0 Å². The van der Waals surface area contributed by atoms with E-state index in [2.05, 4.69) is 78.5 Å². The summed E-state index contributed by atoms with van der Waals surface area (Å²) in [6.45, 7) is 14.8. The second-order valence-corrected chi connectivity index (χ2v) is 6.70. The van der Waals surface area contributed by atoms with Crippen LogP contribution in [0.15, 0.2) is 35.3 Å². The predicted molar refractivity (Wildman–Crippen MR) is 124 cm³/mol. The number of anilines is 1. The number of nitrogens with one attached hydrogen (secondary N) is 2. The number of aliphatic imine (C=N–C) groups is 1. The summed E-state index contributed by atoms with van der Waals surface area (Å²) < 4.78 is 0. The van der Waals surface area contributed by atoms with Crippen LogP contribution in [0, 0.1) is 0 Å². The molecule has 0 amide bonds. The van der Waals surface area contributed by atoms with Crippen LogP contribution in [0.1, 0.15) is 34.1 Å². The number of para-hydroxylation sites is 1. The van der Waals surface area contributed by atoms with Crippen LogP contribution in [0.5, 0.6) is 0 Å². The van der Waals surface area contributed by atoms with Crippen LogP contribution in [0.2, 0.25) is 0 Å². The summed E-state index contributed by atoms with van der Waals surface area (Å²) in [4.78, 5) is 9.71. The third-order valence-corrected chi connectivity index (χ3v) is 4.94. The van der Waals surface area contributed by atoms with Crippen molar-refractivity contribution in [3.63, 3.8) is 0 Å². The van der Waals surface area contributed by atoms with E-state index in [-0.39, 0.29) is 24.0 Å². The molecule has 1 saturated heterocycles. The van der Waals surface area contributed by atoms with Crippen molar-refractivity contribution >= 4 is 35.6 Å². The molecule has 1 aromatic rings. The smallest absolute Gasteiger partial charge is 0.191 e. The van der Waals surface area contributed by atoms with E-state index in [1.54, 1.807) is 0 Å². The summed E-state index contributed by atoms with van der Waals surface area (Å²) in [6.07, 6.45) is 1.14. The van der Waals surface area contributed by atoms with Crippen LogP contribution in [-0.2, 0) is 0 Å². The Morgan fingerprint density at radius 2 is 1.92 bits per heavy atom. The molecule has 1 heterocycles. The first-order valence-corrected chi connectivity index (χ1v) is 9.76. The summed E-state index contributed by atoms with van der Waals surface area (Å²) >= 11 is 0. The van der Waals surface area contributed by atoms with Gasteiger partial charge in [0.15, 0.2) is 5.96 Å². The Kier molecular flexibility index (Phi) is 11.0. The Morgan fingerprint density at radius 3 is 2.54 bits per heavy atom. The number of benzene rings is 1. The van der Waals surface area contributed by atoms with Gasteiger partial charge in [0.05, 0.1) is 6.54 Å². The van der Waals surface area contributed by atoms with Crippen LogP contribution < -0.4 is 15.5 Å². The highest BCUT2D eigenvalue weighted by Gasteiger charge is 2.23. The van der Waals surface area contributed by atoms with Crippen molar-refractivity contribution in [3.8, 4) is 0 Å². The van der Waals surface area contributed by atoms with Gasteiger partial charge < -0.3 is 15.5 Å². The minimum atomic E-state index is 0. The van der Waals surface area contributed by atoms with Gasteiger partial charge in [0.2, 0.25) is 0 Å². The molecule has 1 aromatic carbocycles. The molecule has 1 aliphatic rings. The highest BCUT2D eigenvalue weighted by atomic mass is 127. The SMILES string of the molecule is CCNC(=NCC(C)N(CC)CC)NC1CCN(c2ccccc2)C1.I. The van der Waals surface area contributed by atoms with E-state index in [1.807, 2.05) is 0 Å². The standard InChI is InChI=1S/C20H35N5.HI/c1-5-21-20(22-15-17(4)24(6-2)7-3)23-18-13-14-25(16-18)19-11-9-8-10-12-19;/h8-12,17-18H,5-7,13-16H2,1-4H3,(H2,21,22,23);1H. The first-order valence-electron chi connectivity index (χ1n) is 9.76. The Morgan fingerprint density at radius 1 is 1.23 bits per heavy atom. The number of hydrogen-bond acceptors (Lipinski definition) is 3. The molecule has 148 valence electrons. The van der Waals surface area contributed by atoms with Crippen molar-refractivity contribution in [1.82, 2.24) is 15.5 Å². The highest BCUT2D eigenvalue weighted by molar-refractivity contribution is 14.0. The summed E-state index contributed by atoms with van der Waals surface area (Å²) in [6, 6.07) is 11.6. The molecule has 0 spiro atoms. The van der Waals surface area contributed by atoms with E-state index in [9.17, 15) is 0 Å². The van der Waals surface area contributed by atoms with Crippen LogP contribution >= 0.6 is 24.0 Å². The van der Waals surface area contributed by atoms with Gasteiger partial charge in [-0.05, 0) is 45.5 Å². The van der Waals surface area contributed by atoms with E-state index in [1.165, 1.54) is 5.69 Å². The van der Waals surface area contributed by atoms with Crippen molar-refractivity contribution in [2.75, 3.05) is 44.2 Å². The Bertz CT molecular complexity index is 518.